The van der Waals surface area contributed by atoms with Crippen molar-refractivity contribution in [3.63, 3.8) is 0 Å². The molecule has 1 fully saturated rings. The van der Waals surface area contributed by atoms with Crippen LogP contribution in [0.25, 0.3) is 0 Å². The van der Waals surface area contributed by atoms with Crippen molar-refractivity contribution in [2.75, 3.05) is 44.7 Å². The van der Waals surface area contributed by atoms with Crippen molar-refractivity contribution >= 4 is 34.1 Å². The number of rotatable bonds is 6. The van der Waals surface area contributed by atoms with Crippen molar-refractivity contribution in [2.45, 2.75) is 30.0 Å². The summed E-state index contributed by atoms with van der Waals surface area (Å²) in [5, 5.41) is 8.09. The number of nitrogens with zero attached hydrogens (tertiary/aromatic N) is 4. The molecule has 2 rings (SSSR count). The van der Waals surface area contributed by atoms with Crippen molar-refractivity contribution in [3.8, 4) is 0 Å². The zero-order chi connectivity index (χ0) is 15.1. The van der Waals surface area contributed by atoms with Crippen LogP contribution >= 0.6 is 23.1 Å². The number of likely N-dealkylation sites (tertiary alicyclic amines) is 1. The first kappa shape index (κ1) is 16.5. The van der Waals surface area contributed by atoms with Crippen LogP contribution < -0.4 is 5.73 Å². The Morgan fingerprint density at radius 2 is 2.05 bits per heavy atom. The van der Waals surface area contributed by atoms with Crippen molar-refractivity contribution in [3.05, 3.63) is 0 Å². The molecular formula is C13H23N5OS2. The molecule has 2 heterocycles. The third kappa shape index (κ3) is 5.80. The number of carbonyl (C=O) groups is 1. The fourth-order valence-electron chi connectivity index (χ4n) is 2.29. The van der Waals surface area contributed by atoms with E-state index in [1.165, 1.54) is 61.9 Å². The summed E-state index contributed by atoms with van der Waals surface area (Å²) in [5.41, 5.74) is 5.52. The van der Waals surface area contributed by atoms with Gasteiger partial charge in [0.15, 0.2) is 4.34 Å². The van der Waals surface area contributed by atoms with Gasteiger partial charge in [0.05, 0.1) is 5.75 Å². The average Bonchev–Trinajstić information content (AvgIpc) is 2.74. The van der Waals surface area contributed by atoms with Crippen LogP contribution in [0.5, 0.6) is 0 Å². The number of thioether (sulfide) groups is 1. The summed E-state index contributed by atoms with van der Waals surface area (Å²) in [5.74, 6) is 0.522. The zero-order valence-corrected chi connectivity index (χ0v) is 14.1. The van der Waals surface area contributed by atoms with Gasteiger partial charge in [-0.1, -0.05) is 35.9 Å². The van der Waals surface area contributed by atoms with Gasteiger partial charge in [-0.2, -0.15) is 0 Å². The van der Waals surface area contributed by atoms with Gasteiger partial charge in [0.2, 0.25) is 11.0 Å². The topological polar surface area (TPSA) is 75.3 Å². The van der Waals surface area contributed by atoms with E-state index >= 15 is 0 Å². The van der Waals surface area contributed by atoms with Gasteiger partial charge in [0.25, 0.3) is 0 Å². The van der Waals surface area contributed by atoms with E-state index in [0.29, 0.717) is 10.9 Å². The predicted octanol–water partition coefficient (Wildman–Crippen LogP) is 1.55. The van der Waals surface area contributed by atoms with E-state index in [9.17, 15) is 4.79 Å². The standard InChI is InChI=1S/C13H23N5OS2/c1-17(8-9-18-6-4-2-3-5-7-18)11(19)10-20-13-16-15-12(14)21-13/h2-10H2,1H3,(H2,14,15). The second-order valence-corrected chi connectivity index (χ2v) is 7.50. The quantitative estimate of drug-likeness (QED) is 0.798. The van der Waals surface area contributed by atoms with E-state index in [0.717, 1.165) is 17.4 Å². The maximum absolute atomic E-state index is 12.1. The largest absolute Gasteiger partial charge is 0.374 e. The molecular weight excluding hydrogens is 306 g/mol. The molecule has 1 aromatic heterocycles. The van der Waals surface area contributed by atoms with Crippen LogP contribution in [0, 0.1) is 0 Å². The number of likely N-dealkylation sites (N-methyl/N-ethyl adjacent to an activating group) is 1. The lowest BCUT2D eigenvalue weighted by Gasteiger charge is -2.24. The zero-order valence-electron chi connectivity index (χ0n) is 12.5. The molecule has 0 atom stereocenters. The molecule has 0 aromatic carbocycles. The minimum Gasteiger partial charge on any atom is -0.374 e. The summed E-state index contributed by atoms with van der Waals surface area (Å²) in [6.45, 7) is 4.10. The summed E-state index contributed by atoms with van der Waals surface area (Å²) < 4.78 is 0.752. The molecule has 8 heteroatoms. The van der Waals surface area contributed by atoms with E-state index in [1.807, 2.05) is 11.9 Å². The molecule has 1 saturated heterocycles. The maximum Gasteiger partial charge on any atom is 0.232 e. The van der Waals surface area contributed by atoms with E-state index in [1.54, 1.807) is 0 Å². The fourth-order valence-corrected chi connectivity index (χ4v) is 3.87. The van der Waals surface area contributed by atoms with Gasteiger partial charge in [-0.15, -0.1) is 10.2 Å². The average molecular weight is 329 g/mol. The minimum atomic E-state index is 0.128. The van der Waals surface area contributed by atoms with Crippen LogP contribution in [0.1, 0.15) is 25.7 Å². The Kier molecular flexibility index (Phi) is 6.72. The fraction of sp³-hybridized carbons (Fsp3) is 0.769. The van der Waals surface area contributed by atoms with E-state index < -0.39 is 0 Å². The van der Waals surface area contributed by atoms with Gasteiger partial charge in [-0.3, -0.25) is 4.79 Å². The van der Waals surface area contributed by atoms with Gasteiger partial charge in [-0.05, 0) is 25.9 Å². The van der Waals surface area contributed by atoms with Gasteiger partial charge < -0.3 is 15.5 Å². The molecule has 0 aliphatic carbocycles. The van der Waals surface area contributed by atoms with Crippen molar-refractivity contribution < 1.29 is 4.79 Å². The molecule has 1 aliphatic rings. The normalized spacial score (nSPS) is 16.6. The molecule has 21 heavy (non-hydrogen) atoms. The summed E-state index contributed by atoms with van der Waals surface area (Å²) in [7, 11) is 1.87. The highest BCUT2D eigenvalue weighted by atomic mass is 32.2. The Hall–Kier alpha value is -0.860. The summed E-state index contributed by atoms with van der Waals surface area (Å²) in [6.07, 6.45) is 5.25. The highest BCUT2D eigenvalue weighted by Gasteiger charge is 2.14. The maximum atomic E-state index is 12.1. The van der Waals surface area contributed by atoms with Crippen molar-refractivity contribution in [1.82, 2.24) is 20.0 Å². The number of nitrogens with two attached hydrogens (primary N) is 1. The second-order valence-electron chi connectivity index (χ2n) is 5.27. The molecule has 2 N–H and O–H groups in total. The van der Waals surface area contributed by atoms with Crippen molar-refractivity contribution in [1.29, 1.82) is 0 Å². The molecule has 0 spiro atoms. The van der Waals surface area contributed by atoms with E-state index in [4.69, 9.17) is 5.73 Å². The first-order chi connectivity index (χ1) is 10.1. The lowest BCUT2D eigenvalue weighted by atomic mass is 10.2. The number of aromatic nitrogens is 2. The monoisotopic (exact) mass is 329 g/mol. The lowest BCUT2D eigenvalue weighted by molar-refractivity contribution is -0.127. The van der Waals surface area contributed by atoms with Gasteiger partial charge in [0.1, 0.15) is 0 Å². The third-order valence-corrected chi connectivity index (χ3v) is 5.49. The highest BCUT2D eigenvalue weighted by molar-refractivity contribution is 8.01. The molecule has 0 unspecified atom stereocenters. The second kappa shape index (κ2) is 8.55. The first-order valence-electron chi connectivity index (χ1n) is 7.33. The highest BCUT2D eigenvalue weighted by Crippen LogP contribution is 2.23. The Morgan fingerprint density at radius 1 is 1.33 bits per heavy atom. The van der Waals surface area contributed by atoms with E-state index in [-0.39, 0.29) is 5.91 Å². The minimum absolute atomic E-state index is 0.128. The smallest absolute Gasteiger partial charge is 0.232 e. The van der Waals surface area contributed by atoms with Crippen molar-refractivity contribution in [2.24, 2.45) is 0 Å². The predicted molar refractivity (Wildman–Crippen MR) is 87.6 cm³/mol. The van der Waals surface area contributed by atoms with Crippen LogP contribution in [-0.4, -0.2) is 64.9 Å². The lowest BCUT2D eigenvalue weighted by Crippen LogP contribution is -2.37. The Labute approximate surface area is 134 Å². The molecule has 1 amide bonds. The Bertz CT molecular complexity index is 446. The molecule has 1 aromatic rings. The number of carbonyl (C=O) groups excluding carboxylic acids is 1. The van der Waals surface area contributed by atoms with Gasteiger partial charge >= 0.3 is 0 Å². The molecule has 0 bridgehead atoms. The van der Waals surface area contributed by atoms with Crippen LogP contribution in [-0.2, 0) is 4.79 Å². The molecule has 6 nitrogen and oxygen atoms in total. The summed E-state index contributed by atoms with van der Waals surface area (Å²) in [4.78, 5) is 16.4. The number of hydrogen-bond donors (Lipinski definition) is 1. The molecule has 0 radical (unpaired) electrons. The molecule has 1 aliphatic heterocycles. The summed E-state index contributed by atoms with van der Waals surface area (Å²) >= 11 is 2.72. The Balaban J connectivity index is 1.67. The third-order valence-electron chi connectivity index (χ3n) is 3.62. The number of amides is 1. The Morgan fingerprint density at radius 3 is 2.67 bits per heavy atom. The molecule has 0 saturated carbocycles. The van der Waals surface area contributed by atoms with Gasteiger partial charge in [0, 0.05) is 20.1 Å². The van der Waals surface area contributed by atoms with Gasteiger partial charge in [-0.25, -0.2) is 0 Å². The van der Waals surface area contributed by atoms with E-state index in [2.05, 4.69) is 15.1 Å². The van der Waals surface area contributed by atoms with Crippen LogP contribution in [0.2, 0.25) is 0 Å². The summed E-state index contributed by atoms with van der Waals surface area (Å²) in [6, 6.07) is 0. The number of anilines is 1. The number of nitrogen functional groups attached to an aromatic ring is 1. The molecule has 118 valence electrons. The van der Waals surface area contributed by atoms with Crippen LogP contribution in [0.4, 0.5) is 5.13 Å². The number of hydrogen-bond acceptors (Lipinski definition) is 7. The first-order valence-corrected chi connectivity index (χ1v) is 9.13. The van der Waals surface area contributed by atoms with Crippen LogP contribution in [0.15, 0.2) is 4.34 Å². The SMILES string of the molecule is CN(CCN1CCCCCC1)C(=O)CSc1nnc(N)s1. The van der Waals surface area contributed by atoms with Crippen LogP contribution in [0.3, 0.4) is 0 Å².